The molecule has 0 radical (unpaired) electrons. The third kappa shape index (κ3) is 4.10. The van der Waals surface area contributed by atoms with E-state index in [1.165, 1.54) is 0 Å². The van der Waals surface area contributed by atoms with Crippen molar-refractivity contribution < 1.29 is 14.0 Å². The summed E-state index contributed by atoms with van der Waals surface area (Å²) in [5.74, 6) is 0.466. The number of anilines is 2. The Bertz CT molecular complexity index is 1360. The van der Waals surface area contributed by atoms with Gasteiger partial charge in [0.1, 0.15) is 18.3 Å². The Balaban J connectivity index is 1.50. The van der Waals surface area contributed by atoms with Crippen LogP contribution in [0.2, 0.25) is 0 Å². The Morgan fingerprint density at radius 1 is 0.971 bits per heavy atom. The zero-order chi connectivity index (χ0) is 24.5. The summed E-state index contributed by atoms with van der Waals surface area (Å²) in [7, 11) is 0. The molecule has 178 valence electrons. The molecule has 7 heteroatoms. The largest absolute Gasteiger partial charge is 0.467 e. The summed E-state index contributed by atoms with van der Waals surface area (Å²) in [4.78, 5) is 30.6. The number of amides is 3. The molecule has 1 aliphatic rings. The van der Waals surface area contributed by atoms with Crippen LogP contribution in [0.4, 0.5) is 16.2 Å². The molecule has 2 aromatic carbocycles. The summed E-state index contributed by atoms with van der Waals surface area (Å²) >= 11 is 0. The lowest BCUT2D eigenvalue weighted by Gasteiger charge is -2.38. The number of urea groups is 1. The molecule has 0 saturated carbocycles. The standard InChI is InChI=1S/C28H28N4O3/c1-19(2)31(28(34)29-21-11-5-4-10-20(21)3)18-26(33)32-23-13-7-6-12-22(23)30-16-8-14-24(30)27(32)25-15-9-17-35-25/h4-17,19,27H,18H2,1-3H3,(H,29,34). The van der Waals surface area contributed by atoms with Crippen LogP contribution >= 0.6 is 0 Å². The van der Waals surface area contributed by atoms with Gasteiger partial charge in [0.25, 0.3) is 0 Å². The molecule has 0 bridgehead atoms. The second-order valence-corrected chi connectivity index (χ2v) is 8.94. The van der Waals surface area contributed by atoms with Crippen LogP contribution in [-0.4, -0.2) is 34.0 Å². The van der Waals surface area contributed by atoms with Gasteiger partial charge < -0.3 is 19.2 Å². The highest BCUT2D eigenvalue weighted by Crippen LogP contribution is 2.42. The summed E-state index contributed by atoms with van der Waals surface area (Å²) in [5, 5.41) is 2.96. The van der Waals surface area contributed by atoms with Crippen molar-refractivity contribution in [3.05, 3.63) is 102 Å². The van der Waals surface area contributed by atoms with Gasteiger partial charge in [-0.15, -0.1) is 0 Å². The van der Waals surface area contributed by atoms with Crippen LogP contribution in [0.1, 0.15) is 36.9 Å². The van der Waals surface area contributed by atoms with Crippen LogP contribution in [0.25, 0.3) is 5.69 Å². The van der Waals surface area contributed by atoms with E-state index >= 15 is 0 Å². The summed E-state index contributed by atoms with van der Waals surface area (Å²) in [6.45, 7) is 5.67. The summed E-state index contributed by atoms with van der Waals surface area (Å²) in [6.07, 6.45) is 3.60. The molecule has 3 heterocycles. The highest BCUT2D eigenvalue weighted by molar-refractivity contribution is 6.01. The fourth-order valence-corrected chi connectivity index (χ4v) is 4.59. The van der Waals surface area contributed by atoms with E-state index in [-0.39, 0.29) is 24.5 Å². The summed E-state index contributed by atoms with van der Waals surface area (Å²) in [6, 6.07) is 22.1. The molecule has 0 aliphatic carbocycles. The molecule has 4 aromatic rings. The minimum absolute atomic E-state index is 0.0817. The number of rotatable bonds is 5. The lowest BCUT2D eigenvalue weighted by molar-refractivity contribution is -0.120. The maximum atomic E-state index is 14.0. The van der Waals surface area contributed by atoms with E-state index < -0.39 is 6.04 Å². The van der Waals surface area contributed by atoms with Gasteiger partial charge in [-0.05, 0) is 68.8 Å². The van der Waals surface area contributed by atoms with Gasteiger partial charge in [0.15, 0.2) is 0 Å². The number of hydrogen-bond donors (Lipinski definition) is 1. The molecule has 1 aliphatic heterocycles. The number of nitrogens with zero attached hydrogens (tertiary/aromatic N) is 3. The third-order valence-electron chi connectivity index (χ3n) is 6.38. The molecule has 2 aromatic heterocycles. The first-order valence-electron chi connectivity index (χ1n) is 11.7. The van der Waals surface area contributed by atoms with Crippen LogP contribution in [0.15, 0.2) is 89.7 Å². The van der Waals surface area contributed by atoms with Gasteiger partial charge in [0.2, 0.25) is 5.91 Å². The number of para-hydroxylation sites is 3. The van der Waals surface area contributed by atoms with Gasteiger partial charge in [-0.25, -0.2) is 4.79 Å². The number of nitrogens with one attached hydrogen (secondary N) is 1. The van der Waals surface area contributed by atoms with Gasteiger partial charge in [0.05, 0.1) is 23.3 Å². The van der Waals surface area contributed by atoms with Crippen LogP contribution < -0.4 is 10.2 Å². The zero-order valence-electron chi connectivity index (χ0n) is 20.0. The Hall–Kier alpha value is -4.26. The number of hydrogen-bond acceptors (Lipinski definition) is 3. The van der Waals surface area contributed by atoms with Crippen molar-refractivity contribution in [2.24, 2.45) is 0 Å². The molecule has 0 saturated heterocycles. The number of fused-ring (bicyclic) bond motifs is 3. The van der Waals surface area contributed by atoms with Gasteiger partial charge in [-0.2, -0.15) is 0 Å². The van der Waals surface area contributed by atoms with Crippen molar-refractivity contribution in [1.82, 2.24) is 9.47 Å². The van der Waals surface area contributed by atoms with Crippen LogP contribution in [0.5, 0.6) is 0 Å². The Kier molecular flexibility index (Phi) is 5.91. The number of benzene rings is 2. The minimum Gasteiger partial charge on any atom is -0.467 e. The van der Waals surface area contributed by atoms with E-state index in [9.17, 15) is 9.59 Å². The highest BCUT2D eigenvalue weighted by Gasteiger charge is 2.38. The predicted molar refractivity (Wildman–Crippen MR) is 136 cm³/mol. The number of carbonyl (C=O) groups excluding carboxylic acids is 2. The average Bonchev–Trinajstić information content (AvgIpc) is 3.55. The van der Waals surface area contributed by atoms with Crippen molar-refractivity contribution in [3.8, 4) is 5.69 Å². The number of aryl methyl sites for hydroxylation is 1. The van der Waals surface area contributed by atoms with E-state index in [1.807, 2.05) is 99.8 Å². The lowest BCUT2D eigenvalue weighted by atomic mass is 10.0. The minimum atomic E-state index is -0.448. The molecule has 1 unspecified atom stereocenters. The Labute approximate surface area is 204 Å². The second-order valence-electron chi connectivity index (χ2n) is 8.94. The molecule has 0 spiro atoms. The molecular weight excluding hydrogens is 440 g/mol. The first-order chi connectivity index (χ1) is 17.0. The van der Waals surface area contributed by atoms with Crippen molar-refractivity contribution in [2.45, 2.75) is 32.9 Å². The number of aromatic nitrogens is 1. The molecule has 0 fully saturated rings. The maximum Gasteiger partial charge on any atom is 0.322 e. The molecule has 1 N–H and O–H groups in total. The maximum absolute atomic E-state index is 14.0. The van der Waals surface area contributed by atoms with Gasteiger partial charge in [-0.1, -0.05) is 30.3 Å². The average molecular weight is 469 g/mol. The topological polar surface area (TPSA) is 70.7 Å². The van der Waals surface area contributed by atoms with Gasteiger partial charge in [-0.3, -0.25) is 9.69 Å². The quantitative estimate of drug-likeness (QED) is 0.405. The molecule has 7 nitrogen and oxygen atoms in total. The smallest absolute Gasteiger partial charge is 0.322 e. The van der Waals surface area contributed by atoms with E-state index in [2.05, 4.69) is 9.88 Å². The monoisotopic (exact) mass is 468 g/mol. The van der Waals surface area contributed by atoms with E-state index in [4.69, 9.17) is 4.42 Å². The van der Waals surface area contributed by atoms with Crippen molar-refractivity contribution in [2.75, 3.05) is 16.8 Å². The van der Waals surface area contributed by atoms with Gasteiger partial charge in [0, 0.05) is 17.9 Å². The fourth-order valence-electron chi connectivity index (χ4n) is 4.59. The van der Waals surface area contributed by atoms with Crippen molar-refractivity contribution in [3.63, 3.8) is 0 Å². The van der Waals surface area contributed by atoms with Crippen molar-refractivity contribution >= 4 is 23.3 Å². The Morgan fingerprint density at radius 3 is 2.43 bits per heavy atom. The zero-order valence-corrected chi connectivity index (χ0v) is 20.0. The highest BCUT2D eigenvalue weighted by atomic mass is 16.3. The van der Waals surface area contributed by atoms with E-state index in [1.54, 1.807) is 16.1 Å². The summed E-state index contributed by atoms with van der Waals surface area (Å²) in [5.41, 5.74) is 4.28. The van der Waals surface area contributed by atoms with Gasteiger partial charge >= 0.3 is 6.03 Å². The first-order valence-corrected chi connectivity index (χ1v) is 11.7. The van der Waals surface area contributed by atoms with Crippen LogP contribution in [0, 0.1) is 6.92 Å². The summed E-state index contributed by atoms with van der Waals surface area (Å²) < 4.78 is 7.87. The van der Waals surface area contributed by atoms with Crippen LogP contribution in [-0.2, 0) is 4.79 Å². The molecule has 35 heavy (non-hydrogen) atoms. The van der Waals surface area contributed by atoms with E-state index in [0.717, 1.165) is 28.3 Å². The fraction of sp³-hybridized carbons (Fsp3) is 0.214. The Morgan fingerprint density at radius 2 is 1.71 bits per heavy atom. The van der Waals surface area contributed by atoms with Crippen LogP contribution in [0.3, 0.4) is 0 Å². The third-order valence-corrected chi connectivity index (χ3v) is 6.38. The molecular formula is C28H28N4O3. The number of furan rings is 1. The number of carbonyl (C=O) groups is 2. The van der Waals surface area contributed by atoms with Crippen molar-refractivity contribution in [1.29, 1.82) is 0 Å². The normalized spacial score (nSPS) is 14.4. The lowest BCUT2D eigenvalue weighted by Crippen LogP contribution is -2.49. The molecule has 5 rings (SSSR count). The molecule has 1 atom stereocenters. The predicted octanol–water partition coefficient (Wildman–Crippen LogP) is 5.76. The second kappa shape index (κ2) is 9.18. The molecule has 3 amide bonds. The van der Waals surface area contributed by atoms with E-state index in [0.29, 0.717) is 5.76 Å². The SMILES string of the molecule is Cc1ccccc1NC(=O)N(CC(=O)N1c2ccccc2-n2cccc2C1c1ccco1)C(C)C. The first kappa shape index (κ1) is 22.5.